The van der Waals surface area contributed by atoms with Gasteiger partial charge >= 0.3 is 18.0 Å². The van der Waals surface area contributed by atoms with Crippen LogP contribution in [0.15, 0.2) is 18.2 Å². The molecule has 1 rings (SSSR count). The third kappa shape index (κ3) is 5.21. The van der Waals surface area contributed by atoms with Crippen molar-refractivity contribution in [3.05, 3.63) is 27.3 Å². The SMILES string of the molecule is CCOC(=O)CN(C)C(=O)Nc1ccc(I)cc1C(=O)O. The van der Waals surface area contributed by atoms with Crippen molar-refractivity contribution >= 4 is 46.2 Å². The van der Waals surface area contributed by atoms with Gasteiger partial charge in [-0.15, -0.1) is 0 Å². The van der Waals surface area contributed by atoms with Crippen molar-refractivity contribution in [1.82, 2.24) is 4.90 Å². The van der Waals surface area contributed by atoms with Gasteiger partial charge < -0.3 is 20.1 Å². The summed E-state index contributed by atoms with van der Waals surface area (Å²) in [6.45, 7) is 1.68. The number of carboxylic acid groups (broad SMARTS) is 1. The molecule has 1 aromatic rings. The van der Waals surface area contributed by atoms with Gasteiger partial charge in [-0.3, -0.25) is 4.79 Å². The number of hydrogen-bond donors (Lipinski definition) is 2. The van der Waals surface area contributed by atoms with Crippen LogP contribution in [0.2, 0.25) is 0 Å². The number of nitrogens with zero attached hydrogens (tertiary/aromatic N) is 1. The molecule has 2 amide bonds. The highest BCUT2D eigenvalue weighted by Crippen LogP contribution is 2.19. The number of esters is 1. The largest absolute Gasteiger partial charge is 0.478 e. The number of amides is 2. The van der Waals surface area contributed by atoms with Crippen LogP contribution in [-0.2, 0) is 9.53 Å². The van der Waals surface area contributed by atoms with Crippen LogP contribution in [0.1, 0.15) is 17.3 Å². The summed E-state index contributed by atoms with van der Waals surface area (Å²) in [5.41, 5.74) is 0.156. The van der Waals surface area contributed by atoms with E-state index in [1.54, 1.807) is 13.0 Å². The fourth-order valence-electron chi connectivity index (χ4n) is 1.49. The topological polar surface area (TPSA) is 95.9 Å². The summed E-state index contributed by atoms with van der Waals surface area (Å²) in [6, 6.07) is 4.03. The summed E-state index contributed by atoms with van der Waals surface area (Å²) in [6.07, 6.45) is 0. The molecule has 0 atom stereocenters. The first-order valence-corrected chi connectivity index (χ1v) is 7.13. The summed E-state index contributed by atoms with van der Waals surface area (Å²) >= 11 is 1.98. The monoisotopic (exact) mass is 406 g/mol. The van der Waals surface area contributed by atoms with E-state index in [2.05, 4.69) is 5.32 Å². The maximum Gasteiger partial charge on any atom is 0.337 e. The van der Waals surface area contributed by atoms with Gasteiger partial charge in [0.2, 0.25) is 0 Å². The van der Waals surface area contributed by atoms with Gasteiger partial charge in [-0.25, -0.2) is 9.59 Å². The minimum Gasteiger partial charge on any atom is -0.478 e. The molecule has 0 aliphatic heterocycles. The maximum atomic E-state index is 11.9. The van der Waals surface area contributed by atoms with Crippen molar-refractivity contribution in [1.29, 1.82) is 0 Å². The number of aromatic carboxylic acids is 1. The fraction of sp³-hybridized carbons (Fsp3) is 0.308. The number of halogens is 1. The Morgan fingerprint density at radius 1 is 1.38 bits per heavy atom. The minimum absolute atomic E-state index is 0.0141. The fourth-order valence-corrected chi connectivity index (χ4v) is 1.98. The van der Waals surface area contributed by atoms with Crippen LogP contribution < -0.4 is 5.32 Å². The van der Waals surface area contributed by atoms with E-state index in [1.165, 1.54) is 19.2 Å². The Bertz CT molecular complexity index is 561. The summed E-state index contributed by atoms with van der Waals surface area (Å²) in [5.74, 6) is -1.67. The molecule has 0 spiro atoms. The molecule has 0 saturated heterocycles. The number of anilines is 1. The molecule has 0 bridgehead atoms. The predicted molar refractivity (Wildman–Crippen MR) is 84.4 cm³/mol. The van der Waals surface area contributed by atoms with Gasteiger partial charge in [0.1, 0.15) is 6.54 Å². The van der Waals surface area contributed by atoms with Crippen LogP contribution in [0, 0.1) is 3.57 Å². The Morgan fingerprint density at radius 3 is 2.62 bits per heavy atom. The van der Waals surface area contributed by atoms with Crippen molar-refractivity contribution in [2.45, 2.75) is 6.92 Å². The third-order valence-electron chi connectivity index (χ3n) is 2.47. The zero-order chi connectivity index (χ0) is 16.0. The van der Waals surface area contributed by atoms with Gasteiger partial charge in [0, 0.05) is 10.6 Å². The molecule has 2 N–H and O–H groups in total. The Morgan fingerprint density at radius 2 is 2.05 bits per heavy atom. The first-order chi connectivity index (χ1) is 9.85. The van der Waals surface area contributed by atoms with E-state index in [4.69, 9.17) is 9.84 Å². The van der Waals surface area contributed by atoms with E-state index in [1.807, 2.05) is 22.6 Å². The minimum atomic E-state index is -1.14. The molecule has 8 heteroatoms. The standard InChI is InChI=1S/C13H15IN2O5/c1-3-21-11(17)7-16(2)13(20)15-10-5-4-8(14)6-9(10)12(18)19/h4-6H,3,7H2,1-2H3,(H,15,20)(H,18,19). The molecule has 1 aromatic carbocycles. The molecule has 0 saturated carbocycles. The Kier molecular flexibility index (Phi) is 6.40. The van der Waals surface area contributed by atoms with E-state index >= 15 is 0 Å². The number of carbonyl (C=O) groups is 3. The lowest BCUT2D eigenvalue weighted by Gasteiger charge is -2.17. The third-order valence-corrected chi connectivity index (χ3v) is 3.14. The van der Waals surface area contributed by atoms with Crippen LogP contribution in [0.3, 0.4) is 0 Å². The normalized spacial score (nSPS) is 9.86. The zero-order valence-electron chi connectivity index (χ0n) is 11.6. The number of urea groups is 1. The van der Waals surface area contributed by atoms with Crippen LogP contribution in [0.25, 0.3) is 0 Å². The number of rotatable bonds is 5. The molecule has 7 nitrogen and oxygen atoms in total. The highest BCUT2D eigenvalue weighted by molar-refractivity contribution is 14.1. The molecule has 0 radical (unpaired) electrons. The quantitative estimate of drug-likeness (QED) is 0.576. The number of nitrogens with one attached hydrogen (secondary N) is 1. The lowest BCUT2D eigenvalue weighted by molar-refractivity contribution is -0.143. The van der Waals surface area contributed by atoms with Crippen molar-refractivity contribution in [3.63, 3.8) is 0 Å². The Labute approximate surface area is 135 Å². The second-order valence-corrected chi connectivity index (χ2v) is 5.33. The average Bonchev–Trinajstić information content (AvgIpc) is 2.40. The number of carbonyl (C=O) groups excluding carboxylic acids is 2. The zero-order valence-corrected chi connectivity index (χ0v) is 13.7. The second-order valence-electron chi connectivity index (χ2n) is 4.09. The van der Waals surface area contributed by atoms with Gasteiger partial charge in [0.25, 0.3) is 0 Å². The van der Waals surface area contributed by atoms with E-state index in [0.29, 0.717) is 0 Å². The molecule has 0 unspecified atom stereocenters. The van der Waals surface area contributed by atoms with Gasteiger partial charge in [-0.05, 0) is 47.7 Å². The van der Waals surface area contributed by atoms with Crippen molar-refractivity contribution in [2.24, 2.45) is 0 Å². The Hall–Kier alpha value is -1.84. The lowest BCUT2D eigenvalue weighted by atomic mass is 10.2. The van der Waals surface area contributed by atoms with Crippen molar-refractivity contribution in [3.8, 4) is 0 Å². The summed E-state index contributed by atoms with van der Waals surface area (Å²) in [4.78, 5) is 35.5. The number of carboxylic acids is 1. The van der Waals surface area contributed by atoms with Crippen LogP contribution in [0.4, 0.5) is 10.5 Å². The summed E-state index contributed by atoms with van der Waals surface area (Å²) in [5, 5.41) is 11.6. The predicted octanol–water partition coefficient (Wildman–Crippen LogP) is 2.02. The number of benzene rings is 1. The first-order valence-electron chi connectivity index (χ1n) is 6.05. The smallest absolute Gasteiger partial charge is 0.337 e. The van der Waals surface area contributed by atoms with Gasteiger partial charge in [0.15, 0.2) is 0 Å². The molecule has 114 valence electrons. The van der Waals surface area contributed by atoms with Gasteiger partial charge in [-0.1, -0.05) is 0 Å². The number of hydrogen-bond acceptors (Lipinski definition) is 4. The average molecular weight is 406 g/mol. The highest BCUT2D eigenvalue weighted by Gasteiger charge is 2.17. The molecule has 0 heterocycles. The summed E-state index contributed by atoms with van der Waals surface area (Å²) < 4.78 is 5.47. The van der Waals surface area contributed by atoms with Crippen LogP contribution >= 0.6 is 22.6 Å². The molecule has 21 heavy (non-hydrogen) atoms. The summed E-state index contributed by atoms with van der Waals surface area (Å²) in [7, 11) is 1.42. The molecular weight excluding hydrogens is 391 g/mol. The maximum absolute atomic E-state index is 11.9. The highest BCUT2D eigenvalue weighted by atomic mass is 127. The lowest BCUT2D eigenvalue weighted by Crippen LogP contribution is -2.36. The van der Waals surface area contributed by atoms with Crippen LogP contribution in [-0.4, -0.2) is 48.2 Å². The molecule has 0 aliphatic rings. The van der Waals surface area contributed by atoms with Crippen molar-refractivity contribution in [2.75, 3.05) is 25.5 Å². The Balaban J connectivity index is 2.79. The van der Waals surface area contributed by atoms with Crippen LogP contribution in [0.5, 0.6) is 0 Å². The number of likely N-dealkylation sites (N-methyl/N-ethyl adjacent to an activating group) is 1. The molecule has 0 fully saturated rings. The van der Waals surface area contributed by atoms with E-state index in [-0.39, 0.29) is 24.4 Å². The molecule has 0 aromatic heterocycles. The van der Waals surface area contributed by atoms with Crippen molar-refractivity contribution < 1.29 is 24.2 Å². The molecule has 0 aliphatic carbocycles. The second kappa shape index (κ2) is 7.81. The van der Waals surface area contributed by atoms with E-state index in [9.17, 15) is 14.4 Å². The van der Waals surface area contributed by atoms with E-state index < -0.39 is 18.0 Å². The molecular formula is C13H15IN2O5. The van der Waals surface area contributed by atoms with Gasteiger partial charge in [-0.2, -0.15) is 0 Å². The first kappa shape index (κ1) is 17.2. The van der Waals surface area contributed by atoms with Gasteiger partial charge in [0.05, 0.1) is 17.9 Å². The number of ether oxygens (including phenoxy) is 1. The van der Waals surface area contributed by atoms with E-state index in [0.717, 1.165) is 8.47 Å².